The lowest BCUT2D eigenvalue weighted by Crippen LogP contribution is -2.10. The summed E-state index contributed by atoms with van der Waals surface area (Å²) in [5.74, 6) is -0.862. The summed E-state index contributed by atoms with van der Waals surface area (Å²) in [6.07, 6.45) is -0.0415. The van der Waals surface area contributed by atoms with E-state index in [9.17, 15) is 4.79 Å². The van der Waals surface area contributed by atoms with Crippen LogP contribution in [0.25, 0.3) is 16.9 Å². The molecule has 0 saturated carbocycles. The summed E-state index contributed by atoms with van der Waals surface area (Å²) in [5.41, 5.74) is 6.08. The monoisotopic (exact) mass is 295 g/mol. The van der Waals surface area contributed by atoms with E-state index in [0.717, 1.165) is 39.4 Å². The van der Waals surface area contributed by atoms with Crippen molar-refractivity contribution < 1.29 is 9.90 Å². The van der Waals surface area contributed by atoms with Crippen LogP contribution in [0.3, 0.4) is 0 Å². The standard InChI is InChI=1S/C17H17N3O2/c1-10-6-4-5-7-13(10)15-9-16-18-11(2)14(8-17(21)22)12(3)20(16)19-15/h4-7,9H,8H2,1-3H3,(H,21,22). The van der Waals surface area contributed by atoms with Crippen molar-refractivity contribution in [2.24, 2.45) is 0 Å². The van der Waals surface area contributed by atoms with Gasteiger partial charge in [0.15, 0.2) is 5.65 Å². The molecule has 0 aliphatic heterocycles. The third-order valence-electron chi connectivity index (χ3n) is 3.91. The van der Waals surface area contributed by atoms with Gasteiger partial charge in [-0.25, -0.2) is 9.50 Å². The Morgan fingerprint density at radius 1 is 1.23 bits per heavy atom. The number of benzene rings is 1. The number of aliphatic carboxylic acids is 1. The molecule has 0 saturated heterocycles. The molecule has 0 amide bonds. The van der Waals surface area contributed by atoms with Gasteiger partial charge in [-0.3, -0.25) is 4.79 Å². The van der Waals surface area contributed by atoms with Gasteiger partial charge < -0.3 is 5.11 Å². The van der Waals surface area contributed by atoms with Crippen molar-refractivity contribution in [3.05, 3.63) is 52.8 Å². The highest BCUT2D eigenvalue weighted by molar-refractivity contribution is 5.72. The molecule has 3 rings (SSSR count). The second kappa shape index (κ2) is 5.26. The first kappa shape index (κ1) is 14.3. The Bertz CT molecular complexity index is 881. The summed E-state index contributed by atoms with van der Waals surface area (Å²) in [6, 6.07) is 9.98. The Balaban J connectivity index is 2.20. The minimum atomic E-state index is -0.862. The van der Waals surface area contributed by atoms with Gasteiger partial charge in [-0.05, 0) is 26.3 Å². The first-order valence-electron chi connectivity index (χ1n) is 7.11. The summed E-state index contributed by atoms with van der Waals surface area (Å²) in [7, 11) is 0. The molecule has 1 aromatic carbocycles. The largest absolute Gasteiger partial charge is 0.481 e. The van der Waals surface area contributed by atoms with Crippen LogP contribution in [-0.2, 0) is 11.2 Å². The topological polar surface area (TPSA) is 67.5 Å². The van der Waals surface area contributed by atoms with E-state index in [0.29, 0.717) is 0 Å². The second-order valence-corrected chi connectivity index (χ2v) is 5.45. The van der Waals surface area contributed by atoms with Gasteiger partial charge in [-0.15, -0.1) is 0 Å². The van der Waals surface area contributed by atoms with E-state index in [-0.39, 0.29) is 6.42 Å². The molecular weight excluding hydrogens is 278 g/mol. The molecule has 22 heavy (non-hydrogen) atoms. The molecule has 0 aliphatic carbocycles. The summed E-state index contributed by atoms with van der Waals surface area (Å²) >= 11 is 0. The quantitative estimate of drug-likeness (QED) is 0.806. The van der Waals surface area contributed by atoms with Crippen LogP contribution in [0.4, 0.5) is 0 Å². The first-order chi connectivity index (χ1) is 10.5. The van der Waals surface area contributed by atoms with Crippen molar-refractivity contribution in [2.75, 3.05) is 0 Å². The van der Waals surface area contributed by atoms with Crippen LogP contribution in [0.15, 0.2) is 30.3 Å². The maximum atomic E-state index is 11.0. The number of fused-ring (bicyclic) bond motifs is 1. The third kappa shape index (κ3) is 2.35. The molecule has 0 bridgehead atoms. The molecule has 0 radical (unpaired) electrons. The van der Waals surface area contributed by atoms with Gasteiger partial charge >= 0.3 is 5.97 Å². The molecule has 0 fully saturated rings. The number of carboxylic acid groups (broad SMARTS) is 1. The molecule has 0 aliphatic rings. The fraction of sp³-hybridized carbons (Fsp3) is 0.235. The maximum absolute atomic E-state index is 11.0. The molecule has 5 nitrogen and oxygen atoms in total. The zero-order valence-electron chi connectivity index (χ0n) is 12.8. The normalized spacial score (nSPS) is 11.0. The Morgan fingerprint density at radius 2 is 1.95 bits per heavy atom. The van der Waals surface area contributed by atoms with E-state index in [1.165, 1.54) is 0 Å². The SMILES string of the molecule is Cc1ccccc1-c1cc2nc(C)c(CC(=O)O)c(C)n2n1. The van der Waals surface area contributed by atoms with Gasteiger partial charge in [0, 0.05) is 28.6 Å². The van der Waals surface area contributed by atoms with Crippen molar-refractivity contribution in [3.63, 3.8) is 0 Å². The van der Waals surface area contributed by atoms with E-state index in [1.54, 1.807) is 4.52 Å². The van der Waals surface area contributed by atoms with E-state index >= 15 is 0 Å². The Labute approximate surface area is 128 Å². The van der Waals surface area contributed by atoms with E-state index < -0.39 is 5.97 Å². The Morgan fingerprint density at radius 3 is 2.64 bits per heavy atom. The molecular formula is C17H17N3O2. The highest BCUT2D eigenvalue weighted by atomic mass is 16.4. The lowest BCUT2D eigenvalue weighted by Gasteiger charge is -2.08. The number of aromatic nitrogens is 3. The maximum Gasteiger partial charge on any atom is 0.307 e. The molecule has 3 aromatic rings. The highest BCUT2D eigenvalue weighted by Crippen LogP contribution is 2.24. The minimum absolute atomic E-state index is 0.0415. The van der Waals surface area contributed by atoms with Crippen LogP contribution < -0.4 is 0 Å². The van der Waals surface area contributed by atoms with Crippen molar-refractivity contribution in [2.45, 2.75) is 27.2 Å². The predicted octanol–water partition coefficient (Wildman–Crippen LogP) is 2.95. The summed E-state index contributed by atoms with van der Waals surface area (Å²) in [6.45, 7) is 5.76. The lowest BCUT2D eigenvalue weighted by molar-refractivity contribution is -0.136. The molecule has 2 heterocycles. The number of hydrogen-bond donors (Lipinski definition) is 1. The molecule has 112 valence electrons. The van der Waals surface area contributed by atoms with Crippen molar-refractivity contribution in [3.8, 4) is 11.3 Å². The molecule has 0 atom stereocenters. The molecule has 2 aromatic heterocycles. The molecule has 5 heteroatoms. The summed E-state index contributed by atoms with van der Waals surface area (Å²) < 4.78 is 1.73. The van der Waals surface area contributed by atoms with Gasteiger partial charge in [0.25, 0.3) is 0 Å². The van der Waals surface area contributed by atoms with Crippen LogP contribution in [0.2, 0.25) is 0 Å². The van der Waals surface area contributed by atoms with Gasteiger partial charge in [0.1, 0.15) is 0 Å². The van der Waals surface area contributed by atoms with Gasteiger partial charge in [-0.2, -0.15) is 5.10 Å². The van der Waals surface area contributed by atoms with Gasteiger partial charge in [0.2, 0.25) is 0 Å². The molecule has 0 unspecified atom stereocenters. The Kier molecular flexibility index (Phi) is 3.41. The lowest BCUT2D eigenvalue weighted by atomic mass is 10.1. The average molecular weight is 295 g/mol. The molecule has 0 spiro atoms. The van der Waals surface area contributed by atoms with Crippen LogP contribution in [-0.4, -0.2) is 25.7 Å². The highest BCUT2D eigenvalue weighted by Gasteiger charge is 2.15. The molecule has 1 N–H and O–H groups in total. The fourth-order valence-electron chi connectivity index (χ4n) is 2.73. The second-order valence-electron chi connectivity index (χ2n) is 5.45. The van der Waals surface area contributed by atoms with Crippen LogP contribution in [0.5, 0.6) is 0 Å². The van der Waals surface area contributed by atoms with Gasteiger partial charge in [0.05, 0.1) is 12.1 Å². The number of carbonyl (C=O) groups is 1. The van der Waals surface area contributed by atoms with Crippen LogP contribution >= 0.6 is 0 Å². The Hall–Kier alpha value is -2.69. The van der Waals surface area contributed by atoms with E-state index in [4.69, 9.17) is 5.11 Å². The predicted molar refractivity (Wildman–Crippen MR) is 84.0 cm³/mol. The van der Waals surface area contributed by atoms with Gasteiger partial charge in [-0.1, -0.05) is 24.3 Å². The number of hydrogen-bond acceptors (Lipinski definition) is 3. The van der Waals surface area contributed by atoms with Crippen molar-refractivity contribution >= 4 is 11.6 Å². The zero-order valence-corrected chi connectivity index (χ0v) is 12.8. The van der Waals surface area contributed by atoms with Crippen LogP contribution in [0, 0.1) is 20.8 Å². The van der Waals surface area contributed by atoms with E-state index in [2.05, 4.69) is 10.1 Å². The smallest absolute Gasteiger partial charge is 0.307 e. The van der Waals surface area contributed by atoms with Crippen LogP contribution in [0.1, 0.15) is 22.5 Å². The fourth-order valence-corrected chi connectivity index (χ4v) is 2.73. The van der Waals surface area contributed by atoms with Crippen molar-refractivity contribution in [1.29, 1.82) is 0 Å². The average Bonchev–Trinajstić information content (AvgIpc) is 2.87. The summed E-state index contributed by atoms with van der Waals surface area (Å²) in [5, 5.41) is 13.7. The zero-order chi connectivity index (χ0) is 15.9. The first-order valence-corrected chi connectivity index (χ1v) is 7.11. The number of aryl methyl sites for hydroxylation is 3. The van der Waals surface area contributed by atoms with Crippen molar-refractivity contribution in [1.82, 2.24) is 14.6 Å². The minimum Gasteiger partial charge on any atom is -0.481 e. The summed E-state index contributed by atoms with van der Waals surface area (Å²) in [4.78, 5) is 15.5. The number of carboxylic acids is 1. The number of nitrogens with zero attached hydrogens (tertiary/aromatic N) is 3. The third-order valence-corrected chi connectivity index (χ3v) is 3.91. The van der Waals surface area contributed by atoms with E-state index in [1.807, 2.05) is 51.1 Å². The number of rotatable bonds is 3.